The Morgan fingerprint density at radius 1 is 1.10 bits per heavy atom. The van der Waals surface area contributed by atoms with Crippen LogP contribution in [0.3, 0.4) is 0 Å². The van der Waals surface area contributed by atoms with E-state index in [1.807, 2.05) is 41.0 Å². The molecule has 0 aliphatic carbocycles. The molecule has 2 aromatic carbocycles. The number of nitrogens with zero attached hydrogens (tertiary/aromatic N) is 4. The summed E-state index contributed by atoms with van der Waals surface area (Å²) < 4.78 is 8.08. The van der Waals surface area contributed by atoms with Gasteiger partial charge in [-0.25, -0.2) is 0 Å². The van der Waals surface area contributed by atoms with Crippen molar-refractivity contribution < 1.29 is 4.74 Å². The number of aliphatic imine (C=N–C) groups is 1. The molecular weight excluding hydrogens is 479 g/mol. The van der Waals surface area contributed by atoms with Gasteiger partial charge in [0, 0.05) is 25.7 Å². The lowest BCUT2D eigenvalue weighted by molar-refractivity contribution is 0.474. The summed E-state index contributed by atoms with van der Waals surface area (Å²) in [5.41, 5.74) is 2.20. The predicted octanol–water partition coefficient (Wildman–Crippen LogP) is 3.88. The molecular formula is C21H27IN6O. The molecule has 0 spiro atoms. The van der Waals surface area contributed by atoms with Crippen molar-refractivity contribution in [1.82, 2.24) is 25.4 Å². The standard InChI is InChI=1S/C21H26N6O.HI/c1-4-27-15-25-26-20(27)14-24-21(22-3)23-13-17-11-10-16(2)12-19(17)28-18-8-6-5-7-9-18;/h5-12,15H,4,13-14H2,1-3H3,(H2,22,23,24);1H. The highest BCUT2D eigenvalue weighted by molar-refractivity contribution is 14.0. The maximum absolute atomic E-state index is 6.08. The third-order valence-electron chi connectivity index (χ3n) is 4.31. The number of hydrogen-bond acceptors (Lipinski definition) is 4. The molecule has 0 unspecified atom stereocenters. The number of hydrogen-bond donors (Lipinski definition) is 2. The van der Waals surface area contributed by atoms with Gasteiger partial charge in [0.2, 0.25) is 0 Å². The van der Waals surface area contributed by atoms with E-state index in [0.29, 0.717) is 19.0 Å². The van der Waals surface area contributed by atoms with Crippen LogP contribution in [0, 0.1) is 6.92 Å². The first-order valence-electron chi connectivity index (χ1n) is 9.33. The minimum Gasteiger partial charge on any atom is -0.457 e. The highest BCUT2D eigenvalue weighted by Crippen LogP contribution is 2.26. The normalized spacial score (nSPS) is 10.9. The number of aromatic nitrogens is 3. The first-order valence-corrected chi connectivity index (χ1v) is 9.33. The number of guanidine groups is 1. The van der Waals surface area contributed by atoms with E-state index in [4.69, 9.17) is 4.74 Å². The Morgan fingerprint density at radius 2 is 1.86 bits per heavy atom. The topological polar surface area (TPSA) is 76.4 Å². The van der Waals surface area contributed by atoms with E-state index >= 15 is 0 Å². The second-order valence-corrected chi connectivity index (χ2v) is 6.34. The fraction of sp³-hybridized carbons (Fsp3) is 0.286. The Morgan fingerprint density at radius 3 is 2.59 bits per heavy atom. The van der Waals surface area contributed by atoms with E-state index in [0.717, 1.165) is 35.0 Å². The molecule has 0 aliphatic heterocycles. The van der Waals surface area contributed by atoms with Gasteiger partial charge in [-0.15, -0.1) is 34.2 Å². The largest absolute Gasteiger partial charge is 0.457 e. The van der Waals surface area contributed by atoms with Crippen LogP contribution in [0.4, 0.5) is 0 Å². The molecule has 0 radical (unpaired) electrons. The highest BCUT2D eigenvalue weighted by Gasteiger charge is 2.08. The van der Waals surface area contributed by atoms with Gasteiger partial charge in [0.15, 0.2) is 11.8 Å². The van der Waals surface area contributed by atoms with Crippen LogP contribution < -0.4 is 15.4 Å². The maximum Gasteiger partial charge on any atom is 0.191 e. The first kappa shape index (κ1) is 22.7. The lowest BCUT2D eigenvalue weighted by Crippen LogP contribution is -2.37. The quantitative estimate of drug-likeness (QED) is 0.289. The van der Waals surface area contributed by atoms with E-state index in [1.165, 1.54) is 0 Å². The maximum atomic E-state index is 6.08. The number of para-hydroxylation sites is 1. The van der Waals surface area contributed by atoms with Gasteiger partial charge in [-0.05, 0) is 37.6 Å². The molecule has 3 aromatic rings. The van der Waals surface area contributed by atoms with Gasteiger partial charge < -0.3 is 19.9 Å². The summed E-state index contributed by atoms with van der Waals surface area (Å²) in [5, 5.41) is 14.7. The fourth-order valence-corrected chi connectivity index (χ4v) is 2.76. The predicted molar refractivity (Wildman–Crippen MR) is 126 cm³/mol. The molecule has 0 saturated carbocycles. The Labute approximate surface area is 188 Å². The molecule has 0 atom stereocenters. The van der Waals surface area contributed by atoms with Crippen LogP contribution in [0.5, 0.6) is 11.5 Å². The van der Waals surface area contributed by atoms with Crippen LogP contribution >= 0.6 is 24.0 Å². The molecule has 0 saturated heterocycles. The number of rotatable bonds is 7. The van der Waals surface area contributed by atoms with Crippen molar-refractivity contribution in [3.05, 3.63) is 71.8 Å². The average molecular weight is 506 g/mol. The monoisotopic (exact) mass is 506 g/mol. The zero-order valence-corrected chi connectivity index (χ0v) is 19.3. The molecule has 1 aromatic heterocycles. The summed E-state index contributed by atoms with van der Waals surface area (Å²) in [4.78, 5) is 4.29. The molecule has 3 rings (SSSR count). The first-order chi connectivity index (χ1) is 13.7. The summed E-state index contributed by atoms with van der Waals surface area (Å²) in [6, 6.07) is 16.0. The summed E-state index contributed by atoms with van der Waals surface area (Å²) in [6.45, 7) is 6.09. The number of benzene rings is 2. The number of ether oxygens (including phenoxy) is 1. The molecule has 7 nitrogen and oxygen atoms in total. The Hall–Kier alpha value is -2.62. The van der Waals surface area contributed by atoms with Crippen LogP contribution in [0.2, 0.25) is 0 Å². The number of halogens is 1. The van der Waals surface area contributed by atoms with Gasteiger partial charge >= 0.3 is 0 Å². The number of nitrogens with one attached hydrogen (secondary N) is 2. The van der Waals surface area contributed by atoms with E-state index in [2.05, 4.69) is 51.8 Å². The Bertz CT molecular complexity index is 926. The molecule has 8 heteroatoms. The summed E-state index contributed by atoms with van der Waals surface area (Å²) >= 11 is 0. The van der Waals surface area contributed by atoms with E-state index in [-0.39, 0.29) is 24.0 Å². The van der Waals surface area contributed by atoms with Crippen LogP contribution in [-0.4, -0.2) is 27.8 Å². The molecule has 0 bridgehead atoms. The van der Waals surface area contributed by atoms with Crippen molar-refractivity contribution in [1.29, 1.82) is 0 Å². The second kappa shape index (κ2) is 11.4. The summed E-state index contributed by atoms with van der Waals surface area (Å²) in [7, 11) is 1.75. The minimum absolute atomic E-state index is 0. The zero-order valence-electron chi connectivity index (χ0n) is 16.9. The highest BCUT2D eigenvalue weighted by atomic mass is 127. The van der Waals surface area contributed by atoms with Gasteiger partial charge in [-0.3, -0.25) is 4.99 Å². The fourth-order valence-electron chi connectivity index (χ4n) is 2.76. The smallest absolute Gasteiger partial charge is 0.191 e. The van der Waals surface area contributed by atoms with E-state index in [9.17, 15) is 0 Å². The van der Waals surface area contributed by atoms with Crippen LogP contribution in [0.1, 0.15) is 23.9 Å². The molecule has 0 aliphatic rings. The minimum atomic E-state index is 0. The molecule has 154 valence electrons. The van der Waals surface area contributed by atoms with Crippen molar-refractivity contribution in [2.45, 2.75) is 33.5 Å². The second-order valence-electron chi connectivity index (χ2n) is 6.34. The summed E-state index contributed by atoms with van der Waals surface area (Å²) in [5.74, 6) is 3.21. The van der Waals surface area contributed by atoms with Gasteiger partial charge in [0.25, 0.3) is 0 Å². The Kier molecular flexibility index (Phi) is 8.91. The van der Waals surface area contributed by atoms with Crippen molar-refractivity contribution >= 4 is 29.9 Å². The van der Waals surface area contributed by atoms with Crippen LogP contribution in [-0.2, 0) is 19.6 Å². The average Bonchev–Trinajstić information content (AvgIpc) is 3.18. The number of aryl methyl sites for hydroxylation is 2. The third-order valence-corrected chi connectivity index (χ3v) is 4.31. The Balaban J connectivity index is 0.00000300. The SMILES string of the molecule is CCn1cnnc1CNC(=NC)NCc1ccc(C)cc1Oc1ccccc1.I. The zero-order chi connectivity index (χ0) is 19.8. The van der Waals surface area contributed by atoms with Gasteiger partial charge in [0.1, 0.15) is 17.8 Å². The molecule has 2 N–H and O–H groups in total. The van der Waals surface area contributed by atoms with Crippen LogP contribution in [0.15, 0.2) is 59.9 Å². The summed E-state index contributed by atoms with van der Waals surface area (Å²) in [6.07, 6.45) is 1.73. The van der Waals surface area contributed by atoms with Crippen molar-refractivity contribution in [2.75, 3.05) is 7.05 Å². The van der Waals surface area contributed by atoms with Gasteiger partial charge in [-0.2, -0.15) is 0 Å². The van der Waals surface area contributed by atoms with Gasteiger partial charge in [-0.1, -0.05) is 30.3 Å². The lowest BCUT2D eigenvalue weighted by atomic mass is 10.1. The van der Waals surface area contributed by atoms with E-state index in [1.54, 1.807) is 13.4 Å². The third kappa shape index (κ3) is 6.45. The van der Waals surface area contributed by atoms with E-state index < -0.39 is 0 Å². The van der Waals surface area contributed by atoms with Crippen molar-refractivity contribution in [3.63, 3.8) is 0 Å². The molecule has 29 heavy (non-hydrogen) atoms. The van der Waals surface area contributed by atoms with Crippen LogP contribution in [0.25, 0.3) is 0 Å². The van der Waals surface area contributed by atoms with Crippen molar-refractivity contribution in [2.24, 2.45) is 4.99 Å². The molecule has 1 heterocycles. The van der Waals surface area contributed by atoms with Crippen molar-refractivity contribution in [3.8, 4) is 11.5 Å². The molecule has 0 amide bonds. The van der Waals surface area contributed by atoms with Gasteiger partial charge in [0.05, 0.1) is 6.54 Å². The molecule has 0 fully saturated rings. The lowest BCUT2D eigenvalue weighted by Gasteiger charge is -2.15.